The number of phenols is 1. The van der Waals surface area contributed by atoms with E-state index in [1.165, 1.54) is 32.1 Å². The van der Waals surface area contributed by atoms with Crippen molar-refractivity contribution in [2.75, 3.05) is 6.54 Å². The fourth-order valence-electron chi connectivity index (χ4n) is 2.38. The van der Waals surface area contributed by atoms with Crippen LogP contribution in [0.1, 0.15) is 59.8 Å². The van der Waals surface area contributed by atoms with Crippen LogP contribution >= 0.6 is 0 Å². The number of nitro groups is 3. The average Bonchev–Trinajstić information content (AvgIpc) is 2.63. The summed E-state index contributed by atoms with van der Waals surface area (Å²) in [5.41, 5.74) is -3.59. The van der Waals surface area contributed by atoms with Crippen molar-refractivity contribution in [3.63, 3.8) is 0 Å². The van der Waals surface area contributed by atoms with E-state index in [-0.39, 0.29) is 0 Å². The third-order valence-corrected chi connectivity index (χ3v) is 4.03. The minimum absolute atomic E-state index is 0.447. The molecule has 0 spiro atoms. The van der Waals surface area contributed by atoms with E-state index in [2.05, 4.69) is 19.2 Å². The number of phenolic OH excluding ortho intramolecular Hbond substituents is 1. The Kier molecular flexibility index (Phi) is 11.4. The minimum atomic E-state index is -1.21. The van der Waals surface area contributed by atoms with Gasteiger partial charge in [-0.15, -0.1) is 0 Å². The Balaban J connectivity index is 0.000000567. The minimum Gasteiger partial charge on any atom is -0.497 e. The van der Waals surface area contributed by atoms with Gasteiger partial charge >= 0.3 is 11.4 Å². The molecule has 0 fully saturated rings. The molecule has 0 aliphatic rings. The van der Waals surface area contributed by atoms with E-state index in [0.717, 1.165) is 0 Å². The molecule has 3 N–H and O–H groups in total. The number of hydrogen-bond acceptors (Lipinski definition) is 9. The number of unbranched alkanes of at least 4 members (excludes halogenated alkanes) is 3. The van der Waals surface area contributed by atoms with Crippen molar-refractivity contribution in [3.8, 4) is 5.75 Å². The van der Waals surface area contributed by atoms with Gasteiger partial charge < -0.3 is 15.5 Å². The first kappa shape index (κ1) is 27.1. The molecule has 170 valence electrons. The lowest BCUT2D eigenvalue weighted by Crippen LogP contribution is -2.39. The molecule has 1 aromatic carbocycles. The molecule has 1 rings (SSSR count). The second kappa shape index (κ2) is 12.6. The van der Waals surface area contributed by atoms with Gasteiger partial charge in [0.2, 0.25) is 0 Å². The summed E-state index contributed by atoms with van der Waals surface area (Å²) < 4.78 is 0. The summed E-state index contributed by atoms with van der Waals surface area (Å²) in [6, 6.07) is 1.42. The van der Waals surface area contributed by atoms with Crippen LogP contribution in [0.5, 0.6) is 5.75 Å². The standard InChI is InChI=1S/C12H27NO.C6H3N3O7/c1-5-6-7-8-9-11(2)13-10-12(3,4)14;10-6-4(8(13)14)1-3(7(11)12)2-5(6)9(15)16/h11,13-14H,5-10H2,1-4H3;1-2,10H. The summed E-state index contributed by atoms with van der Waals surface area (Å²) in [5.74, 6) is -1.21. The topological polar surface area (TPSA) is 182 Å². The fraction of sp³-hybridized carbons (Fsp3) is 0.667. The molecule has 1 atom stereocenters. The van der Waals surface area contributed by atoms with E-state index in [0.29, 0.717) is 24.7 Å². The number of non-ortho nitro benzene ring substituents is 1. The summed E-state index contributed by atoms with van der Waals surface area (Å²) in [6.07, 6.45) is 6.50. The highest BCUT2D eigenvalue weighted by atomic mass is 16.6. The molecule has 0 saturated heterocycles. The second-order valence-electron chi connectivity index (χ2n) is 7.55. The van der Waals surface area contributed by atoms with Crippen LogP contribution < -0.4 is 5.32 Å². The van der Waals surface area contributed by atoms with E-state index in [4.69, 9.17) is 5.11 Å². The van der Waals surface area contributed by atoms with Crippen LogP contribution in [-0.4, -0.2) is 43.2 Å². The Labute approximate surface area is 174 Å². The van der Waals surface area contributed by atoms with Crippen LogP contribution in [-0.2, 0) is 0 Å². The SMILES string of the molecule is CCCCCCC(C)NCC(C)(C)O.O=[N+]([O-])c1cc([N+](=O)[O-])c(O)c([N+](=O)[O-])c1. The van der Waals surface area contributed by atoms with Gasteiger partial charge in [-0.2, -0.15) is 0 Å². The molecular weight excluding hydrogens is 400 g/mol. The van der Waals surface area contributed by atoms with Crippen LogP contribution in [0.3, 0.4) is 0 Å². The van der Waals surface area contributed by atoms with Gasteiger partial charge in [0.15, 0.2) is 0 Å². The number of nitro benzene ring substituents is 3. The molecule has 0 heterocycles. The first-order valence-electron chi connectivity index (χ1n) is 9.56. The van der Waals surface area contributed by atoms with Crippen molar-refractivity contribution in [2.24, 2.45) is 0 Å². The monoisotopic (exact) mass is 430 g/mol. The third kappa shape index (κ3) is 10.6. The van der Waals surface area contributed by atoms with Crippen molar-refractivity contribution in [1.82, 2.24) is 5.32 Å². The van der Waals surface area contributed by atoms with Crippen LogP contribution in [0.25, 0.3) is 0 Å². The largest absolute Gasteiger partial charge is 0.497 e. The highest BCUT2D eigenvalue weighted by molar-refractivity contribution is 5.64. The lowest BCUT2D eigenvalue weighted by atomic mass is 10.1. The van der Waals surface area contributed by atoms with Gasteiger partial charge in [0.1, 0.15) is 0 Å². The van der Waals surface area contributed by atoms with E-state index in [9.17, 15) is 35.4 Å². The molecule has 0 aliphatic carbocycles. The van der Waals surface area contributed by atoms with E-state index in [1.807, 2.05) is 13.8 Å². The Bertz CT molecular complexity index is 698. The van der Waals surface area contributed by atoms with Crippen molar-refractivity contribution >= 4 is 17.1 Å². The predicted molar refractivity (Wildman–Crippen MR) is 111 cm³/mol. The quantitative estimate of drug-likeness (QED) is 0.267. The first-order valence-corrected chi connectivity index (χ1v) is 9.56. The molecule has 0 saturated carbocycles. The lowest BCUT2D eigenvalue weighted by molar-refractivity contribution is -0.404. The normalized spacial score (nSPS) is 11.9. The third-order valence-electron chi connectivity index (χ3n) is 4.03. The zero-order chi connectivity index (χ0) is 23.5. The molecule has 0 amide bonds. The second-order valence-corrected chi connectivity index (χ2v) is 7.55. The van der Waals surface area contributed by atoms with Gasteiger partial charge in [-0.3, -0.25) is 30.3 Å². The molecule has 12 heteroatoms. The van der Waals surface area contributed by atoms with Crippen molar-refractivity contribution in [3.05, 3.63) is 42.5 Å². The maximum atomic E-state index is 10.4. The molecule has 0 aromatic heterocycles. The molecule has 12 nitrogen and oxygen atoms in total. The van der Waals surface area contributed by atoms with Crippen LogP contribution in [0.15, 0.2) is 12.1 Å². The Hall–Kier alpha value is -2.86. The Morgan fingerprint density at radius 1 is 1.00 bits per heavy atom. The number of benzene rings is 1. The molecular formula is C18H30N4O8. The van der Waals surface area contributed by atoms with Gasteiger partial charge in [-0.1, -0.05) is 32.6 Å². The number of nitrogens with one attached hydrogen (secondary N) is 1. The molecule has 1 unspecified atom stereocenters. The average molecular weight is 430 g/mol. The van der Waals surface area contributed by atoms with Gasteiger partial charge in [-0.05, 0) is 27.2 Å². The summed E-state index contributed by atoms with van der Waals surface area (Å²) in [6.45, 7) is 8.78. The van der Waals surface area contributed by atoms with E-state index >= 15 is 0 Å². The Morgan fingerprint density at radius 3 is 1.87 bits per heavy atom. The van der Waals surface area contributed by atoms with E-state index in [1.54, 1.807) is 0 Å². The van der Waals surface area contributed by atoms with Crippen LogP contribution in [0.2, 0.25) is 0 Å². The number of nitrogens with zero attached hydrogens (tertiary/aromatic N) is 3. The number of aromatic hydroxyl groups is 1. The maximum Gasteiger partial charge on any atom is 0.324 e. The van der Waals surface area contributed by atoms with E-state index < -0.39 is 43.2 Å². The number of rotatable bonds is 11. The number of hydrogen-bond donors (Lipinski definition) is 3. The van der Waals surface area contributed by atoms with Gasteiger partial charge in [0, 0.05) is 12.6 Å². The molecule has 0 aliphatic heterocycles. The smallest absolute Gasteiger partial charge is 0.324 e. The molecule has 30 heavy (non-hydrogen) atoms. The summed E-state index contributed by atoms with van der Waals surface area (Å²) in [5, 5.41) is 53.1. The summed E-state index contributed by atoms with van der Waals surface area (Å²) >= 11 is 0. The van der Waals surface area contributed by atoms with Gasteiger partial charge in [0.25, 0.3) is 11.4 Å². The van der Waals surface area contributed by atoms with Crippen LogP contribution in [0.4, 0.5) is 17.1 Å². The predicted octanol–water partition coefficient (Wildman–Crippen LogP) is 3.82. The molecule has 0 radical (unpaired) electrons. The summed E-state index contributed by atoms with van der Waals surface area (Å²) in [4.78, 5) is 27.8. The van der Waals surface area contributed by atoms with Crippen LogP contribution in [0, 0.1) is 30.3 Å². The highest BCUT2D eigenvalue weighted by Crippen LogP contribution is 2.38. The highest BCUT2D eigenvalue weighted by Gasteiger charge is 2.30. The fourth-order valence-corrected chi connectivity index (χ4v) is 2.38. The zero-order valence-corrected chi connectivity index (χ0v) is 17.7. The van der Waals surface area contributed by atoms with Crippen molar-refractivity contribution in [2.45, 2.75) is 71.4 Å². The maximum absolute atomic E-state index is 10.4. The number of aliphatic hydroxyl groups is 1. The lowest BCUT2D eigenvalue weighted by Gasteiger charge is -2.21. The first-order chi connectivity index (χ1) is 13.8. The van der Waals surface area contributed by atoms with Crippen molar-refractivity contribution < 1.29 is 25.0 Å². The Morgan fingerprint density at radius 2 is 1.50 bits per heavy atom. The van der Waals surface area contributed by atoms with Gasteiger partial charge in [0.05, 0.1) is 32.5 Å². The molecule has 0 bridgehead atoms. The van der Waals surface area contributed by atoms with Crippen molar-refractivity contribution in [1.29, 1.82) is 0 Å². The zero-order valence-electron chi connectivity index (χ0n) is 17.7. The molecule has 1 aromatic rings. The summed E-state index contributed by atoms with van der Waals surface area (Å²) in [7, 11) is 0. The van der Waals surface area contributed by atoms with Gasteiger partial charge in [-0.25, -0.2) is 0 Å².